The van der Waals surface area contributed by atoms with E-state index in [-0.39, 0.29) is 17.3 Å². The van der Waals surface area contributed by atoms with E-state index in [9.17, 15) is 9.59 Å². The minimum absolute atomic E-state index is 0.180. The zero-order chi connectivity index (χ0) is 14.5. The van der Waals surface area contributed by atoms with Gasteiger partial charge in [-0.1, -0.05) is 54.6 Å². The van der Waals surface area contributed by atoms with Crippen molar-refractivity contribution in [2.75, 3.05) is 5.75 Å². The van der Waals surface area contributed by atoms with Gasteiger partial charge in [-0.15, -0.1) is 0 Å². The van der Waals surface area contributed by atoms with Crippen LogP contribution in [0.25, 0.3) is 0 Å². The van der Waals surface area contributed by atoms with Crippen molar-refractivity contribution in [2.24, 2.45) is 5.73 Å². The molecule has 2 aromatic rings. The molecule has 0 heterocycles. The lowest BCUT2D eigenvalue weighted by molar-refractivity contribution is 0.0957. The highest BCUT2D eigenvalue weighted by molar-refractivity contribution is 7.80. The number of thiol groups is 1. The van der Waals surface area contributed by atoms with E-state index in [4.69, 9.17) is 5.73 Å². The zero-order valence-corrected chi connectivity index (χ0v) is 11.7. The second-order valence-electron chi connectivity index (χ2n) is 4.39. The van der Waals surface area contributed by atoms with Gasteiger partial charge in [0.2, 0.25) is 0 Å². The molecule has 0 spiro atoms. The van der Waals surface area contributed by atoms with Crippen LogP contribution in [0.5, 0.6) is 0 Å². The van der Waals surface area contributed by atoms with Crippen LogP contribution in [-0.2, 0) is 0 Å². The lowest BCUT2D eigenvalue weighted by Crippen LogP contribution is -2.33. The smallest absolute Gasteiger partial charge is 0.193 e. The average molecular weight is 285 g/mol. The number of carbonyl (C=O) groups is 2. The molecule has 0 saturated heterocycles. The second-order valence-corrected chi connectivity index (χ2v) is 4.76. The van der Waals surface area contributed by atoms with Gasteiger partial charge < -0.3 is 5.73 Å². The molecule has 20 heavy (non-hydrogen) atoms. The van der Waals surface area contributed by atoms with Crippen LogP contribution in [0, 0.1) is 0 Å². The fourth-order valence-electron chi connectivity index (χ4n) is 1.92. The van der Waals surface area contributed by atoms with Crippen LogP contribution in [0.3, 0.4) is 0 Å². The maximum absolute atomic E-state index is 12.5. The SMILES string of the molecule is NC(CS)C(=O)c1ccccc1C(=O)c1ccccc1. The molecule has 0 fully saturated rings. The largest absolute Gasteiger partial charge is 0.321 e. The normalized spacial score (nSPS) is 11.9. The topological polar surface area (TPSA) is 60.2 Å². The third kappa shape index (κ3) is 2.98. The zero-order valence-electron chi connectivity index (χ0n) is 10.8. The average Bonchev–Trinajstić information content (AvgIpc) is 2.53. The minimum Gasteiger partial charge on any atom is -0.321 e. The van der Waals surface area contributed by atoms with E-state index in [1.54, 1.807) is 48.5 Å². The first-order valence-electron chi connectivity index (χ1n) is 6.24. The Morgan fingerprint density at radius 2 is 1.50 bits per heavy atom. The lowest BCUT2D eigenvalue weighted by atomic mass is 9.94. The first-order chi connectivity index (χ1) is 9.65. The van der Waals surface area contributed by atoms with E-state index in [0.29, 0.717) is 16.7 Å². The fraction of sp³-hybridized carbons (Fsp3) is 0.125. The molecule has 0 aliphatic carbocycles. The fourth-order valence-corrected chi connectivity index (χ4v) is 2.09. The van der Waals surface area contributed by atoms with Gasteiger partial charge in [-0.3, -0.25) is 9.59 Å². The van der Waals surface area contributed by atoms with Gasteiger partial charge in [-0.25, -0.2) is 0 Å². The van der Waals surface area contributed by atoms with Gasteiger partial charge in [0.15, 0.2) is 11.6 Å². The summed E-state index contributed by atoms with van der Waals surface area (Å²) in [6.07, 6.45) is 0. The molecule has 3 nitrogen and oxygen atoms in total. The number of hydrogen-bond donors (Lipinski definition) is 2. The summed E-state index contributed by atoms with van der Waals surface area (Å²) in [6, 6.07) is 14.9. The van der Waals surface area contributed by atoms with Crippen LogP contribution >= 0.6 is 12.6 Å². The number of carbonyl (C=O) groups excluding carboxylic acids is 2. The van der Waals surface area contributed by atoms with Crippen molar-refractivity contribution in [1.29, 1.82) is 0 Å². The summed E-state index contributed by atoms with van der Waals surface area (Å²) >= 11 is 4.03. The van der Waals surface area contributed by atoms with Crippen molar-refractivity contribution in [3.05, 3.63) is 71.3 Å². The van der Waals surface area contributed by atoms with Crippen molar-refractivity contribution in [1.82, 2.24) is 0 Å². The molecular weight excluding hydrogens is 270 g/mol. The quantitative estimate of drug-likeness (QED) is 0.655. The summed E-state index contributed by atoms with van der Waals surface area (Å²) in [5, 5.41) is 0. The van der Waals surface area contributed by atoms with Crippen LogP contribution in [0.4, 0.5) is 0 Å². The molecule has 0 aromatic heterocycles. The predicted molar refractivity (Wildman–Crippen MR) is 82.5 cm³/mol. The Balaban J connectivity index is 2.43. The van der Waals surface area contributed by atoms with Gasteiger partial charge in [-0.05, 0) is 0 Å². The Kier molecular flexibility index (Phi) is 4.71. The minimum atomic E-state index is -0.706. The monoisotopic (exact) mass is 285 g/mol. The highest BCUT2D eigenvalue weighted by Gasteiger charge is 2.21. The number of rotatable bonds is 5. The summed E-state index contributed by atoms with van der Waals surface area (Å²) in [7, 11) is 0. The summed E-state index contributed by atoms with van der Waals surface area (Å²) in [4.78, 5) is 24.7. The molecule has 2 rings (SSSR count). The van der Waals surface area contributed by atoms with Crippen LogP contribution in [0.15, 0.2) is 54.6 Å². The Morgan fingerprint density at radius 3 is 2.10 bits per heavy atom. The molecule has 2 N–H and O–H groups in total. The first kappa shape index (κ1) is 14.5. The van der Waals surface area contributed by atoms with E-state index >= 15 is 0 Å². The van der Waals surface area contributed by atoms with E-state index in [2.05, 4.69) is 12.6 Å². The van der Waals surface area contributed by atoms with E-state index in [1.165, 1.54) is 0 Å². The Labute approximate surface area is 123 Å². The lowest BCUT2D eigenvalue weighted by Gasteiger charge is -2.11. The molecule has 2 aromatic carbocycles. The maximum Gasteiger partial charge on any atom is 0.193 e. The number of ketones is 2. The van der Waals surface area contributed by atoms with E-state index < -0.39 is 6.04 Å². The standard InChI is InChI=1S/C16H15NO2S/c17-14(10-20)16(19)13-9-5-4-8-12(13)15(18)11-6-2-1-3-7-11/h1-9,14,20H,10,17H2. The van der Waals surface area contributed by atoms with Crippen LogP contribution < -0.4 is 5.73 Å². The predicted octanol–water partition coefficient (Wildman–Crippen LogP) is 2.36. The molecule has 1 unspecified atom stereocenters. The van der Waals surface area contributed by atoms with Gasteiger partial charge in [0.1, 0.15) is 0 Å². The number of hydrogen-bond acceptors (Lipinski definition) is 4. The Hall–Kier alpha value is -1.91. The molecule has 1 atom stereocenters. The molecule has 0 bridgehead atoms. The Bertz CT molecular complexity index is 625. The molecule has 0 saturated carbocycles. The van der Waals surface area contributed by atoms with Crippen molar-refractivity contribution in [2.45, 2.75) is 6.04 Å². The van der Waals surface area contributed by atoms with Crippen LogP contribution in [-0.4, -0.2) is 23.4 Å². The van der Waals surface area contributed by atoms with Gasteiger partial charge in [-0.2, -0.15) is 12.6 Å². The number of nitrogens with two attached hydrogens (primary N) is 1. The number of benzene rings is 2. The molecule has 0 amide bonds. The maximum atomic E-state index is 12.5. The molecule has 4 heteroatoms. The summed E-state index contributed by atoms with van der Waals surface area (Å²) in [6.45, 7) is 0. The van der Waals surface area contributed by atoms with Crippen molar-refractivity contribution >= 4 is 24.2 Å². The molecular formula is C16H15NO2S. The molecule has 102 valence electrons. The molecule has 0 aliphatic rings. The van der Waals surface area contributed by atoms with Gasteiger partial charge in [0.05, 0.1) is 6.04 Å². The highest BCUT2D eigenvalue weighted by atomic mass is 32.1. The van der Waals surface area contributed by atoms with E-state index in [1.807, 2.05) is 6.07 Å². The van der Waals surface area contributed by atoms with Crippen molar-refractivity contribution in [3.8, 4) is 0 Å². The third-order valence-corrected chi connectivity index (χ3v) is 3.40. The van der Waals surface area contributed by atoms with Gasteiger partial charge in [0.25, 0.3) is 0 Å². The molecule has 0 radical (unpaired) electrons. The third-order valence-electron chi connectivity index (χ3n) is 3.01. The van der Waals surface area contributed by atoms with Gasteiger partial charge >= 0.3 is 0 Å². The number of Topliss-reactive ketones (excluding diaryl/α,β-unsaturated/α-hetero) is 1. The van der Waals surface area contributed by atoms with Crippen LogP contribution in [0.2, 0.25) is 0 Å². The summed E-state index contributed by atoms with van der Waals surface area (Å²) in [5.41, 5.74) is 6.99. The molecule has 0 aliphatic heterocycles. The summed E-state index contributed by atoms with van der Waals surface area (Å²) < 4.78 is 0. The van der Waals surface area contributed by atoms with Gasteiger partial charge in [0, 0.05) is 22.4 Å². The van der Waals surface area contributed by atoms with Crippen LogP contribution in [0.1, 0.15) is 26.3 Å². The van der Waals surface area contributed by atoms with Crippen molar-refractivity contribution < 1.29 is 9.59 Å². The van der Waals surface area contributed by atoms with Crippen molar-refractivity contribution in [3.63, 3.8) is 0 Å². The highest BCUT2D eigenvalue weighted by Crippen LogP contribution is 2.16. The second kappa shape index (κ2) is 6.50. The van der Waals surface area contributed by atoms with E-state index in [0.717, 1.165) is 0 Å². The Morgan fingerprint density at radius 1 is 0.950 bits per heavy atom. The first-order valence-corrected chi connectivity index (χ1v) is 6.88. The summed E-state index contributed by atoms with van der Waals surface area (Å²) in [5.74, 6) is -0.201.